The summed E-state index contributed by atoms with van der Waals surface area (Å²) < 4.78 is 10.8. The number of carbonyl (C=O) groups is 2. The maximum Gasteiger partial charge on any atom is 0.337 e. The molecule has 3 aromatic rings. The number of carbonyl (C=O) groups excluding carboxylic acids is 2. The van der Waals surface area contributed by atoms with Crippen molar-refractivity contribution in [1.82, 2.24) is 4.90 Å². The summed E-state index contributed by atoms with van der Waals surface area (Å²) in [5.74, 6) is 0.793. The van der Waals surface area contributed by atoms with Gasteiger partial charge in [0, 0.05) is 11.9 Å². The number of nitrogens with zero attached hydrogens (tertiary/aromatic N) is 2. The summed E-state index contributed by atoms with van der Waals surface area (Å²) in [6.07, 6.45) is 1.92. The zero-order chi connectivity index (χ0) is 24.9. The van der Waals surface area contributed by atoms with Crippen molar-refractivity contribution in [2.45, 2.75) is 20.8 Å². The molecule has 0 radical (unpaired) electrons. The molecule has 0 N–H and O–H groups in total. The van der Waals surface area contributed by atoms with Gasteiger partial charge in [-0.1, -0.05) is 44.2 Å². The maximum atomic E-state index is 13.2. The lowest BCUT2D eigenvalue weighted by Crippen LogP contribution is -2.28. The molecule has 0 bridgehead atoms. The van der Waals surface area contributed by atoms with Gasteiger partial charge in [-0.25, -0.2) is 9.79 Å². The first-order chi connectivity index (χ1) is 16.9. The first-order valence-electron chi connectivity index (χ1n) is 11.5. The Hall–Kier alpha value is -3.58. The number of likely N-dealkylation sites (N-methyl/N-ethyl adjacent to an activating group) is 1. The molecule has 7 heteroatoms. The van der Waals surface area contributed by atoms with Crippen LogP contribution < -0.4 is 4.74 Å². The van der Waals surface area contributed by atoms with Crippen molar-refractivity contribution in [1.29, 1.82) is 0 Å². The molecule has 0 aromatic heterocycles. The number of thioether (sulfide) groups is 1. The van der Waals surface area contributed by atoms with E-state index in [0.717, 1.165) is 22.1 Å². The van der Waals surface area contributed by atoms with Gasteiger partial charge in [-0.3, -0.25) is 9.69 Å². The number of benzene rings is 3. The Kier molecular flexibility index (Phi) is 7.56. The van der Waals surface area contributed by atoms with Crippen LogP contribution in [-0.4, -0.2) is 42.2 Å². The van der Waals surface area contributed by atoms with E-state index in [9.17, 15) is 9.59 Å². The van der Waals surface area contributed by atoms with Crippen molar-refractivity contribution in [3.63, 3.8) is 0 Å². The van der Waals surface area contributed by atoms with Crippen LogP contribution in [0.15, 0.2) is 70.6 Å². The van der Waals surface area contributed by atoms with Gasteiger partial charge in [0.05, 0.1) is 29.9 Å². The molecule has 1 aliphatic rings. The Morgan fingerprint density at radius 1 is 1.06 bits per heavy atom. The second kappa shape index (κ2) is 10.8. The lowest BCUT2D eigenvalue weighted by molar-refractivity contribution is -0.122. The highest BCUT2D eigenvalue weighted by atomic mass is 32.2. The summed E-state index contributed by atoms with van der Waals surface area (Å²) in [6, 6.07) is 18.8. The lowest BCUT2D eigenvalue weighted by atomic mass is 10.0. The van der Waals surface area contributed by atoms with E-state index in [-0.39, 0.29) is 5.91 Å². The molecule has 1 heterocycles. The van der Waals surface area contributed by atoms with Crippen LogP contribution in [-0.2, 0) is 9.53 Å². The number of hydrogen-bond acceptors (Lipinski definition) is 6. The molecule has 1 aliphatic heterocycles. The highest BCUT2D eigenvalue weighted by Gasteiger charge is 2.32. The van der Waals surface area contributed by atoms with Crippen LogP contribution in [0.1, 0.15) is 36.7 Å². The van der Waals surface area contributed by atoms with Crippen LogP contribution in [0, 0.1) is 5.92 Å². The number of amides is 1. The molecule has 180 valence electrons. The molecule has 35 heavy (non-hydrogen) atoms. The van der Waals surface area contributed by atoms with Gasteiger partial charge in [-0.2, -0.15) is 0 Å². The number of ether oxygens (including phenoxy) is 2. The number of rotatable bonds is 7. The Bertz CT molecular complexity index is 1310. The first kappa shape index (κ1) is 24.5. The number of aliphatic imine (C=N–C) groups is 1. The molecular formula is C28H28N2O4S. The van der Waals surface area contributed by atoms with Crippen LogP contribution in [0.3, 0.4) is 0 Å². The molecule has 0 aliphatic carbocycles. The van der Waals surface area contributed by atoms with E-state index in [0.29, 0.717) is 40.4 Å². The van der Waals surface area contributed by atoms with Crippen molar-refractivity contribution in [2.75, 3.05) is 20.3 Å². The highest BCUT2D eigenvalue weighted by molar-refractivity contribution is 8.18. The number of amidine groups is 1. The fraction of sp³-hybridized carbons (Fsp3) is 0.250. The van der Waals surface area contributed by atoms with E-state index >= 15 is 0 Å². The average molecular weight is 489 g/mol. The predicted molar refractivity (Wildman–Crippen MR) is 142 cm³/mol. The molecule has 4 rings (SSSR count). The van der Waals surface area contributed by atoms with E-state index < -0.39 is 5.97 Å². The van der Waals surface area contributed by atoms with Crippen molar-refractivity contribution in [2.24, 2.45) is 10.9 Å². The van der Waals surface area contributed by atoms with Crippen LogP contribution in [0.4, 0.5) is 5.69 Å². The molecule has 0 atom stereocenters. The third-order valence-electron chi connectivity index (χ3n) is 5.49. The normalized spacial score (nSPS) is 16.0. The van der Waals surface area contributed by atoms with Crippen LogP contribution in [0.5, 0.6) is 5.75 Å². The largest absolute Gasteiger partial charge is 0.493 e. The lowest BCUT2D eigenvalue weighted by Gasteiger charge is -2.13. The molecule has 0 spiro atoms. The smallest absolute Gasteiger partial charge is 0.337 e. The van der Waals surface area contributed by atoms with Gasteiger partial charge in [-0.15, -0.1) is 0 Å². The zero-order valence-electron chi connectivity index (χ0n) is 20.3. The van der Waals surface area contributed by atoms with Crippen LogP contribution in [0.25, 0.3) is 16.8 Å². The Labute approximate surface area is 209 Å². The first-order valence-corrected chi connectivity index (χ1v) is 12.4. The summed E-state index contributed by atoms with van der Waals surface area (Å²) in [6.45, 7) is 7.31. The van der Waals surface area contributed by atoms with Gasteiger partial charge in [0.25, 0.3) is 5.91 Å². The minimum absolute atomic E-state index is 0.0772. The molecule has 1 amide bonds. The summed E-state index contributed by atoms with van der Waals surface area (Å²) in [5.41, 5.74) is 2.06. The van der Waals surface area contributed by atoms with Gasteiger partial charge < -0.3 is 9.47 Å². The van der Waals surface area contributed by atoms with Crippen molar-refractivity contribution in [3.05, 3.63) is 76.7 Å². The third-order valence-corrected chi connectivity index (χ3v) is 6.50. The molecular weight excluding hydrogens is 460 g/mol. The fourth-order valence-electron chi connectivity index (χ4n) is 3.71. The van der Waals surface area contributed by atoms with Crippen molar-refractivity contribution >= 4 is 51.3 Å². The summed E-state index contributed by atoms with van der Waals surface area (Å²) in [4.78, 5) is 31.8. The standard InChI is InChI=1S/C28H28N2O4S/c1-5-30-26(31)25(35-28(30)29-21-13-10-19(11-14-21)27(32)33-4)16-20-12-15-24(34-17-18(2)3)23-9-7-6-8-22(20)23/h6-16,18H,5,17H2,1-4H3/b25-16+,29-28?. The molecule has 0 saturated carbocycles. The van der Waals surface area contributed by atoms with E-state index in [2.05, 4.69) is 18.8 Å². The van der Waals surface area contributed by atoms with E-state index in [1.807, 2.05) is 49.4 Å². The number of fused-ring (bicyclic) bond motifs is 1. The van der Waals surface area contributed by atoms with Gasteiger partial charge >= 0.3 is 5.97 Å². The van der Waals surface area contributed by atoms with Crippen LogP contribution >= 0.6 is 11.8 Å². The summed E-state index contributed by atoms with van der Waals surface area (Å²) >= 11 is 1.35. The summed E-state index contributed by atoms with van der Waals surface area (Å²) in [7, 11) is 1.35. The Morgan fingerprint density at radius 2 is 1.77 bits per heavy atom. The average Bonchev–Trinajstić information content (AvgIpc) is 3.16. The van der Waals surface area contributed by atoms with Crippen LogP contribution in [0.2, 0.25) is 0 Å². The maximum absolute atomic E-state index is 13.2. The highest BCUT2D eigenvalue weighted by Crippen LogP contribution is 2.36. The van der Waals surface area contributed by atoms with Gasteiger partial charge in [0.1, 0.15) is 5.75 Å². The number of esters is 1. The fourth-order valence-corrected chi connectivity index (χ4v) is 4.77. The molecule has 3 aromatic carbocycles. The van der Waals surface area contributed by atoms with Crippen molar-refractivity contribution < 1.29 is 19.1 Å². The number of methoxy groups -OCH3 is 1. The molecule has 1 saturated heterocycles. The second-order valence-corrected chi connectivity index (χ2v) is 9.51. The van der Waals surface area contributed by atoms with Gasteiger partial charge in [0.15, 0.2) is 5.17 Å². The molecule has 6 nitrogen and oxygen atoms in total. The molecule has 1 fully saturated rings. The van der Waals surface area contributed by atoms with Gasteiger partial charge in [-0.05, 0) is 72.0 Å². The van der Waals surface area contributed by atoms with E-state index in [1.54, 1.807) is 29.2 Å². The number of hydrogen-bond donors (Lipinski definition) is 0. The van der Waals surface area contributed by atoms with E-state index in [1.165, 1.54) is 18.9 Å². The van der Waals surface area contributed by atoms with E-state index in [4.69, 9.17) is 9.47 Å². The quantitative estimate of drug-likeness (QED) is 0.289. The SMILES string of the molecule is CCN1C(=O)/C(=C\c2ccc(OCC(C)C)c3ccccc23)SC1=Nc1ccc(C(=O)OC)cc1. The monoisotopic (exact) mass is 488 g/mol. The minimum atomic E-state index is -0.400. The zero-order valence-corrected chi connectivity index (χ0v) is 21.1. The second-order valence-electron chi connectivity index (χ2n) is 8.50. The Morgan fingerprint density at radius 3 is 2.43 bits per heavy atom. The third kappa shape index (κ3) is 5.41. The molecule has 0 unspecified atom stereocenters. The Balaban J connectivity index is 1.66. The van der Waals surface area contributed by atoms with Crippen molar-refractivity contribution in [3.8, 4) is 5.75 Å². The van der Waals surface area contributed by atoms with Gasteiger partial charge in [0.2, 0.25) is 0 Å². The predicted octanol–water partition coefficient (Wildman–Crippen LogP) is 6.29. The summed E-state index contributed by atoms with van der Waals surface area (Å²) in [5, 5.41) is 2.65. The minimum Gasteiger partial charge on any atom is -0.493 e. The topological polar surface area (TPSA) is 68.2 Å².